The summed E-state index contributed by atoms with van der Waals surface area (Å²) in [4.78, 5) is 14.7. The van der Waals surface area contributed by atoms with Gasteiger partial charge in [0.05, 0.1) is 16.6 Å². The number of anilines is 1. The fourth-order valence-electron chi connectivity index (χ4n) is 4.48. The highest BCUT2D eigenvalue weighted by atomic mass is 35.5. The zero-order chi connectivity index (χ0) is 25.2. The van der Waals surface area contributed by atoms with Crippen LogP contribution in [0.25, 0.3) is 10.8 Å². The van der Waals surface area contributed by atoms with E-state index in [0.717, 1.165) is 43.8 Å². The Bertz CT molecular complexity index is 1560. The summed E-state index contributed by atoms with van der Waals surface area (Å²) in [6.45, 7) is 4.13. The maximum Gasteiger partial charge on any atom is 0.197 e. The largest absolute Gasteiger partial charge is 0.508 e. The Kier molecular flexibility index (Phi) is 6.82. The lowest BCUT2D eigenvalue weighted by atomic mass is 9.92. The molecule has 5 aromatic rings. The lowest BCUT2D eigenvalue weighted by Crippen LogP contribution is -2.15. The van der Waals surface area contributed by atoms with Crippen LogP contribution >= 0.6 is 22.9 Å². The molecule has 0 aliphatic rings. The molecule has 1 unspecified atom stereocenters. The molecule has 0 amide bonds. The molecule has 36 heavy (non-hydrogen) atoms. The average Bonchev–Trinajstić information content (AvgIpc) is 3.31. The van der Waals surface area contributed by atoms with Crippen LogP contribution in [0.3, 0.4) is 0 Å². The molecule has 1 atom stereocenters. The molecule has 0 bridgehead atoms. The molecule has 0 saturated carbocycles. The van der Waals surface area contributed by atoms with E-state index in [0.29, 0.717) is 16.1 Å². The molecule has 2 N–H and O–H groups in total. The van der Waals surface area contributed by atoms with Crippen LogP contribution in [0.1, 0.15) is 50.5 Å². The number of carbonyl (C=O) groups excluding carboxylic acids is 1. The number of phenolic OH excluding ortho intramolecular Hbond substituents is 1. The summed E-state index contributed by atoms with van der Waals surface area (Å²) < 4.78 is 0. The second kappa shape index (κ2) is 10.2. The molecule has 1 aromatic heterocycles. The quantitative estimate of drug-likeness (QED) is 0.215. The van der Waals surface area contributed by atoms with Crippen molar-refractivity contribution >= 4 is 44.5 Å². The number of hydrogen-bond acceptors (Lipinski definition) is 4. The normalized spacial score (nSPS) is 12.0. The fourth-order valence-corrected chi connectivity index (χ4v) is 5.73. The van der Waals surface area contributed by atoms with Gasteiger partial charge in [-0.2, -0.15) is 0 Å². The van der Waals surface area contributed by atoms with Gasteiger partial charge >= 0.3 is 0 Å². The summed E-state index contributed by atoms with van der Waals surface area (Å²) in [5, 5.41) is 17.9. The van der Waals surface area contributed by atoms with Crippen molar-refractivity contribution in [2.75, 3.05) is 5.32 Å². The van der Waals surface area contributed by atoms with Crippen LogP contribution in [-0.2, 0) is 6.42 Å². The van der Waals surface area contributed by atoms with Crippen molar-refractivity contribution < 1.29 is 9.90 Å². The van der Waals surface area contributed by atoms with Crippen molar-refractivity contribution in [1.82, 2.24) is 0 Å². The Morgan fingerprint density at radius 1 is 0.944 bits per heavy atom. The first-order valence-electron chi connectivity index (χ1n) is 11.9. The number of phenols is 1. The smallest absolute Gasteiger partial charge is 0.197 e. The van der Waals surface area contributed by atoms with Gasteiger partial charge < -0.3 is 10.4 Å². The minimum Gasteiger partial charge on any atom is -0.508 e. The second-order valence-electron chi connectivity index (χ2n) is 8.83. The number of hydrogen-bond donors (Lipinski definition) is 2. The number of rotatable bonds is 7. The van der Waals surface area contributed by atoms with Crippen molar-refractivity contribution in [3.05, 3.63) is 129 Å². The van der Waals surface area contributed by atoms with Crippen LogP contribution in [0.4, 0.5) is 5.00 Å². The van der Waals surface area contributed by atoms with Crippen molar-refractivity contribution in [2.24, 2.45) is 0 Å². The molecule has 0 fully saturated rings. The predicted molar refractivity (Wildman–Crippen MR) is 151 cm³/mol. The molecular weight excluding hydrogens is 486 g/mol. The molecule has 3 nitrogen and oxygen atoms in total. The molecule has 0 aliphatic heterocycles. The topological polar surface area (TPSA) is 49.3 Å². The van der Waals surface area contributed by atoms with Gasteiger partial charge in [-0.15, -0.1) is 11.3 Å². The van der Waals surface area contributed by atoms with Gasteiger partial charge in [-0.05, 0) is 53.9 Å². The lowest BCUT2D eigenvalue weighted by Gasteiger charge is -2.24. The molecule has 4 aromatic carbocycles. The number of ketones is 1. The van der Waals surface area contributed by atoms with E-state index in [4.69, 9.17) is 11.6 Å². The number of halogens is 1. The Morgan fingerprint density at radius 3 is 2.42 bits per heavy atom. The maximum atomic E-state index is 13.6. The molecule has 0 radical (unpaired) electrons. The first kappa shape index (κ1) is 24.1. The van der Waals surface area contributed by atoms with E-state index < -0.39 is 0 Å². The first-order chi connectivity index (χ1) is 17.5. The standard InChI is InChI=1S/C31H26ClNO2S/c1-3-22-18-25(30(35)24-10-6-7-11-26(24)32)31(36-22)33-29(21-14-12-19(2)13-15-21)28-23-9-5-4-8-20(23)16-17-27(28)34/h4-18,29,33-34H,3H2,1-2H3. The fraction of sp³-hybridized carbons (Fsp3) is 0.129. The maximum absolute atomic E-state index is 13.6. The third-order valence-corrected chi connectivity index (χ3v) is 7.96. The minimum atomic E-state index is -0.377. The van der Waals surface area contributed by atoms with Crippen LogP contribution in [0.5, 0.6) is 5.75 Å². The third kappa shape index (κ3) is 4.62. The summed E-state index contributed by atoms with van der Waals surface area (Å²) >= 11 is 7.95. The molecule has 5 heteroatoms. The number of thiophene rings is 1. The number of aromatic hydroxyl groups is 1. The zero-order valence-corrected chi connectivity index (χ0v) is 21.7. The van der Waals surface area contributed by atoms with Crippen molar-refractivity contribution in [1.29, 1.82) is 0 Å². The molecule has 0 spiro atoms. The highest BCUT2D eigenvalue weighted by Gasteiger charge is 2.25. The van der Waals surface area contributed by atoms with Gasteiger partial charge in [0.1, 0.15) is 10.8 Å². The summed E-state index contributed by atoms with van der Waals surface area (Å²) in [6, 6.07) is 28.7. The van der Waals surface area contributed by atoms with Gasteiger partial charge in [0.2, 0.25) is 0 Å². The van der Waals surface area contributed by atoms with Gasteiger partial charge in [0.25, 0.3) is 0 Å². The van der Waals surface area contributed by atoms with E-state index in [-0.39, 0.29) is 17.6 Å². The average molecular weight is 512 g/mol. The second-order valence-corrected chi connectivity index (χ2v) is 10.4. The summed E-state index contributed by atoms with van der Waals surface area (Å²) in [5.41, 5.74) is 3.98. The number of fused-ring (bicyclic) bond motifs is 1. The Balaban J connectivity index is 1.67. The van der Waals surface area contributed by atoms with Crippen molar-refractivity contribution in [3.8, 4) is 5.75 Å². The minimum absolute atomic E-state index is 0.121. The van der Waals surface area contributed by atoms with E-state index >= 15 is 0 Å². The van der Waals surface area contributed by atoms with E-state index in [1.54, 1.807) is 29.5 Å². The molecule has 0 aliphatic carbocycles. The van der Waals surface area contributed by atoms with Gasteiger partial charge in [-0.3, -0.25) is 4.79 Å². The Hall–Kier alpha value is -3.60. The van der Waals surface area contributed by atoms with Gasteiger partial charge in [-0.25, -0.2) is 0 Å². The van der Waals surface area contributed by atoms with Crippen molar-refractivity contribution in [2.45, 2.75) is 26.3 Å². The van der Waals surface area contributed by atoms with E-state index in [2.05, 4.69) is 43.4 Å². The van der Waals surface area contributed by atoms with Gasteiger partial charge in [0, 0.05) is 16.0 Å². The van der Waals surface area contributed by atoms with Crippen LogP contribution < -0.4 is 5.32 Å². The monoisotopic (exact) mass is 511 g/mol. The lowest BCUT2D eigenvalue weighted by molar-refractivity contribution is 0.104. The van der Waals surface area contributed by atoms with E-state index in [1.165, 1.54) is 0 Å². The summed E-state index contributed by atoms with van der Waals surface area (Å²) in [6.07, 6.45) is 0.809. The van der Waals surface area contributed by atoms with Gasteiger partial charge in [0.15, 0.2) is 5.78 Å². The molecular formula is C31H26ClNO2S. The molecule has 5 rings (SSSR count). The zero-order valence-electron chi connectivity index (χ0n) is 20.1. The number of benzene rings is 4. The summed E-state index contributed by atoms with van der Waals surface area (Å²) in [5.74, 6) is 0.0851. The van der Waals surface area contributed by atoms with Crippen LogP contribution in [0.2, 0.25) is 5.02 Å². The highest BCUT2D eigenvalue weighted by Crippen LogP contribution is 2.41. The summed E-state index contributed by atoms with van der Waals surface area (Å²) in [7, 11) is 0. The first-order valence-corrected chi connectivity index (χ1v) is 13.1. The third-order valence-electron chi connectivity index (χ3n) is 6.42. The highest BCUT2D eigenvalue weighted by molar-refractivity contribution is 7.16. The Morgan fingerprint density at radius 2 is 1.67 bits per heavy atom. The Labute approximate surface area is 220 Å². The SMILES string of the molecule is CCc1cc(C(=O)c2ccccc2Cl)c(NC(c2ccc(C)cc2)c2c(O)ccc3ccccc23)s1. The molecule has 0 saturated heterocycles. The van der Waals surface area contributed by atoms with Crippen LogP contribution in [0.15, 0.2) is 91.0 Å². The predicted octanol–water partition coefficient (Wildman–Crippen LogP) is 8.56. The van der Waals surface area contributed by atoms with E-state index in [1.807, 2.05) is 48.5 Å². The van der Waals surface area contributed by atoms with E-state index in [9.17, 15) is 9.90 Å². The van der Waals surface area contributed by atoms with Crippen LogP contribution in [0, 0.1) is 6.92 Å². The van der Waals surface area contributed by atoms with Crippen molar-refractivity contribution in [3.63, 3.8) is 0 Å². The number of carbonyl (C=O) groups is 1. The van der Waals surface area contributed by atoms with Gasteiger partial charge in [-0.1, -0.05) is 90.8 Å². The van der Waals surface area contributed by atoms with Crippen LogP contribution in [-0.4, -0.2) is 10.9 Å². The number of aryl methyl sites for hydroxylation is 2. The number of nitrogens with one attached hydrogen (secondary N) is 1. The molecule has 180 valence electrons. The molecule has 1 heterocycles.